The lowest BCUT2D eigenvalue weighted by atomic mass is 10.1. The predicted molar refractivity (Wildman–Crippen MR) is 95.4 cm³/mol. The van der Waals surface area contributed by atoms with Crippen LogP contribution in [0.2, 0.25) is 0 Å². The first-order valence-electron chi connectivity index (χ1n) is 8.30. The molecule has 4 nitrogen and oxygen atoms in total. The van der Waals surface area contributed by atoms with Gasteiger partial charge >= 0.3 is 6.18 Å². The number of unbranched alkanes of at least 4 members (excludes halogenated alkanes) is 1. The van der Waals surface area contributed by atoms with E-state index in [-0.39, 0.29) is 16.9 Å². The van der Waals surface area contributed by atoms with E-state index >= 15 is 0 Å². The highest BCUT2D eigenvalue weighted by Crippen LogP contribution is 2.34. The second-order valence-electron chi connectivity index (χ2n) is 6.06. The molecule has 26 heavy (non-hydrogen) atoms. The molecule has 7 heteroatoms. The van der Waals surface area contributed by atoms with Gasteiger partial charge in [-0.1, -0.05) is 25.5 Å². The van der Waals surface area contributed by atoms with Crippen LogP contribution in [0.5, 0.6) is 0 Å². The van der Waals surface area contributed by atoms with Gasteiger partial charge in [-0.15, -0.1) is 0 Å². The number of aromatic nitrogens is 2. The molecule has 0 unspecified atom stereocenters. The van der Waals surface area contributed by atoms with Crippen molar-refractivity contribution in [2.24, 2.45) is 0 Å². The van der Waals surface area contributed by atoms with E-state index in [2.05, 4.69) is 4.98 Å². The molecular formula is C19H18F3N3O. The van der Waals surface area contributed by atoms with Crippen LogP contribution >= 0.6 is 0 Å². The maximum absolute atomic E-state index is 13.2. The number of rotatable bonds is 4. The quantitative estimate of drug-likeness (QED) is 0.704. The van der Waals surface area contributed by atoms with Crippen LogP contribution in [-0.4, -0.2) is 9.55 Å². The van der Waals surface area contributed by atoms with Crippen LogP contribution in [0.25, 0.3) is 16.6 Å². The fraction of sp³-hybridized carbons (Fsp3) is 0.263. The highest BCUT2D eigenvalue weighted by molar-refractivity contribution is 5.77. The van der Waals surface area contributed by atoms with Gasteiger partial charge in [-0.3, -0.25) is 9.36 Å². The lowest BCUT2D eigenvalue weighted by Gasteiger charge is -2.16. The van der Waals surface area contributed by atoms with Crippen molar-refractivity contribution >= 4 is 16.6 Å². The molecule has 3 aromatic rings. The summed E-state index contributed by atoms with van der Waals surface area (Å²) >= 11 is 0. The van der Waals surface area contributed by atoms with Gasteiger partial charge in [0.05, 0.1) is 22.2 Å². The normalized spacial score (nSPS) is 11.8. The van der Waals surface area contributed by atoms with Gasteiger partial charge < -0.3 is 5.73 Å². The van der Waals surface area contributed by atoms with E-state index < -0.39 is 11.7 Å². The molecule has 0 amide bonds. The molecule has 0 atom stereocenters. The first-order valence-corrected chi connectivity index (χ1v) is 8.30. The lowest BCUT2D eigenvalue weighted by Crippen LogP contribution is -2.24. The minimum absolute atomic E-state index is 0.112. The number of para-hydroxylation sites is 1. The number of aryl methyl sites for hydroxylation is 1. The van der Waals surface area contributed by atoms with Gasteiger partial charge in [0.2, 0.25) is 0 Å². The summed E-state index contributed by atoms with van der Waals surface area (Å²) in [5.74, 6) is 0.438. The van der Waals surface area contributed by atoms with E-state index in [9.17, 15) is 18.0 Å². The fourth-order valence-electron chi connectivity index (χ4n) is 2.88. The molecule has 0 aliphatic heterocycles. The highest BCUT2D eigenvalue weighted by atomic mass is 19.4. The number of alkyl halides is 3. The smallest absolute Gasteiger partial charge is 0.398 e. The average molecular weight is 361 g/mol. The van der Waals surface area contributed by atoms with Crippen LogP contribution in [0, 0.1) is 0 Å². The van der Waals surface area contributed by atoms with Crippen molar-refractivity contribution in [3.63, 3.8) is 0 Å². The van der Waals surface area contributed by atoms with E-state index in [1.165, 1.54) is 16.7 Å². The number of hydrogen-bond acceptors (Lipinski definition) is 3. The molecule has 0 spiro atoms. The summed E-state index contributed by atoms with van der Waals surface area (Å²) in [6.07, 6.45) is -2.47. The summed E-state index contributed by atoms with van der Waals surface area (Å²) in [4.78, 5) is 17.5. The number of hydrogen-bond donors (Lipinski definition) is 1. The van der Waals surface area contributed by atoms with E-state index in [1.54, 1.807) is 24.3 Å². The van der Waals surface area contributed by atoms with Crippen molar-refractivity contribution in [2.75, 3.05) is 5.73 Å². The Labute approximate surface area is 148 Å². The summed E-state index contributed by atoms with van der Waals surface area (Å²) in [5, 5.41) is 0.359. The summed E-state index contributed by atoms with van der Waals surface area (Å²) < 4.78 is 40.9. The Morgan fingerprint density at radius 2 is 1.88 bits per heavy atom. The van der Waals surface area contributed by atoms with Gasteiger partial charge in [0, 0.05) is 12.1 Å². The summed E-state index contributed by atoms with van der Waals surface area (Å²) in [6, 6.07) is 10.3. The molecule has 2 aromatic carbocycles. The maximum atomic E-state index is 13.2. The summed E-state index contributed by atoms with van der Waals surface area (Å²) in [5.41, 5.74) is 4.40. The molecule has 0 saturated carbocycles. The van der Waals surface area contributed by atoms with E-state index in [0.29, 0.717) is 23.1 Å². The van der Waals surface area contributed by atoms with Gasteiger partial charge in [0.25, 0.3) is 5.56 Å². The van der Waals surface area contributed by atoms with E-state index in [4.69, 9.17) is 5.73 Å². The van der Waals surface area contributed by atoms with E-state index in [0.717, 1.165) is 18.9 Å². The number of nitrogen functional groups attached to an aromatic ring is 1. The highest BCUT2D eigenvalue weighted by Gasteiger charge is 2.33. The topological polar surface area (TPSA) is 60.9 Å². The minimum Gasteiger partial charge on any atom is -0.398 e. The van der Waals surface area contributed by atoms with Crippen LogP contribution < -0.4 is 11.3 Å². The third-order valence-electron chi connectivity index (χ3n) is 4.20. The SMILES string of the molecule is CCCCc1nc2ccccc2c(=O)n1-c1ccc(N)c(C(F)(F)F)c1. The molecule has 0 fully saturated rings. The lowest BCUT2D eigenvalue weighted by molar-refractivity contribution is -0.136. The Hall–Kier alpha value is -2.83. The zero-order valence-corrected chi connectivity index (χ0v) is 14.2. The number of nitrogens with zero attached hydrogens (tertiary/aromatic N) is 2. The van der Waals surface area contributed by atoms with Crippen LogP contribution in [0.1, 0.15) is 31.2 Å². The van der Waals surface area contributed by atoms with Crippen molar-refractivity contribution in [3.8, 4) is 5.69 Å². The second kappa shape index (κ2) is 6.82. The Morgan fingerprint density at radius 3 is 2.58 bits per heavy atom. The number of anilines is 1. The second-order valence-corrected chi connectivity index (χ2v) is 6.06. The zero-order chi connectivity index (χ0) is 18.9. The first kappa shape index (κ1) is 18.0. The van der Waals surface area contributed by atoms with Crippen molar-refractivity contribution in [1.82, 2.24) is 9.55 Å². The number of fused-ring (bicyclic) bond motifs is 1. The van der Waals surface area contributed by atoms with Gasteiger partial charge in [-0.2, -0.15) is 13.2 Å². The fourth-order valence-corrected chi connectivity index (χ4v) is 2.88. The van der Waals surface area contributed by atoms with E-state index in [1.807, 2.05) is 6.92 Å². The number of benzene rings is 2. The molecule has 0 aliphatic rings. The molecule has 1 heterocycles. The average Bonchev–Trinajstić information content (AvgIpc) is 2.60. The Morgan fingerprint density at radius 1 is 1.15 bits per heavy atom. The van der Waals surface area contributed by atoms with Gasteiger partial charge in [0.1, 0.15) is 5.82 Å². The Balaban J connectivity index is 2.30. The number of nitrogens with two attached hydrogens (primary N) is 1. The standard InChI is InChI=1S/C19H18F3N3O/c1-2-3-8-17-24-16-7-5-4-6-13(16)18(26)25(17)12-9-10-15(23)14(11-12)19(20,21)22/h4-7,9-11H,2-3,8,23H2,1H3. The molecule has 0 bridgehead atoms. The molecular weight excluding hydrogens is 343 g/mol. The number of halogens is 3. The minimum atomic E-state index is -4.60. The molecule has 0 radical (unpaired) electrons. The molecule has 0 aliphatic carbocycles. The Bertz CT molecular complexity index is 1010. The van der Waals surface area contributed by atoms with Crippen molar-refractivity contribution in [2.45, 2.75) is 32.4 Å². The van der Waals surface area contributed by atoms with Crippen LogP contribution in [0.4, 0.5) is 18.9 Å². The molecule has 0 saturated heterocycles. The predicted octanol–water partition coefficient (Wildman–Crippen LogP) is 4.33. The van der Waals surface area contributed by atoms with Gasteiger partial charge in [-0.05, 0) is 36.8 Å². The molecule has 1 aromatic heterocycles. The largest absolute Gasteiger partial charge is 0.418 e. The first-order chi connectivity index (χ1) is 12.3. The molecule has 2 N–H and O–H groups in total. The summed E-state index contributed by atoms with van der Waals surface area (Å²) in [6.45, 7) is 1.99. The molecule has 3 rings (SSSR count). The Kier molecular flexibility index (Phi) is 4.71. The van der Waals surface area contributed by atoms with Crippen LogP contribution in [0.3, 0.4) is 0 Å². The summed E-state index contributed by atoms with van der Waals surface area (Å²) in [7, 11) is 0. The van der Waals surface area contributed by atoms with Crippen molar-refractivity contribution in [3.05, 3.63) is 64.2 Å². The van der Waals surface area contributed by atoms with Gasteiger partial charge in [0.15, 0.2) is 0 Å². The third kappa shape index (κ3) is 3.29. The van der Waals surface area contributed by atoms with Crippen molar-refractivity contribution < 1.29 is 13.2 Å². The third-order valence-corrected chi connectivity index (χ3v) is 4.20. The maximum Gasteiger partial charge on any atom is 0.418 e. The van der Waals surface area contributed by atoms with Crippen LogP contribution in [0.15, 0.2) is 47.3 Å². The van der Waals surface area contributed by atoms with Gasteiger partial charge in [-0.25, -0.2) is 4.98 Å². The van der Waals surface area contributed by atoms with Crippen LogP contribution in [-0.2, 0) is 12.6 Å². The zero-order valence-electron chi connectivity index (χ0n) is 14.2. The van der Waals surface area contributed by atoms with Crippen molar-refractivity contribution in [1.29, 1.82) is 0 Å². The molecule has 136 valence electrons. The monoisotopic (exact) mass is 361 g/mol.